The van der Waals surface area contributed by atoms with Crippen LogP contribution in [0, 0.1) is 17.3 Å². The first kappa shape index (κ1) is 15.7. The zero-order valence-electron chi connectivity index (χ0n) is 12.4. The van der Waals surface area contributed by atoms with Crippen molar-refractivity contribution in [2.75, 3.05) is 0 Å². The summed E-state index contributed by atoms with van der Waals surface area (Å²) in [4.78, 5) is 0. The molecule has 0 amide bonds. The third kappa shape index (κ3) is 4.40. The minimum absolute atomic E-state index is 0.0486. The molecule has 1 rings (SSSR count). The zero-order valence-corrected chi connectivity index (χ0v) is 12.4. The standard InChI is InChI=1S/C16H30O2/c1-5-6-9-16(3,4)15(18)8-7-13-11-14(17)10-12(13)2/h7-8,12-15,17-18H,5-6,9-11H2,1-4H3/t12-,13-,14+,15?/m1/s1. The van der Waals surface area contributed by atoms with E-state index in [0.29, 0.717) is 11.8 Å². The molecular formula is C16H30O2. The van der Waals surface area contributed by atoms with E-state index in [1.807, 2.05) is 6.08 Å². The summed E-state index contributed by atoms with van der Waals surface area (Å²) in [5, 5.41) is 19.9. The van der Waals surface area contributed by atoms with Crippen LogP contribution in [0.15, 0.2) is 12.2 Å². The van der Waals surface area contributed by atoms with Gasteiger partial charge in [0.15, 0.2) is 0 Å². The lowest BCUT2D eigenvalue weighted by Gasteiger charge is -2.28. The fraction of sp³-hybridized carbons (Fsp3) is 0.875. The van der Waals surface area contributed by atoms with Gasteiger partial charge in [0.05, 0.1) is 12.2 Å². The molecule has 1 saturated carbocycles. The molecule has 0 spiro atoms. The van der Waals surface area contributed by atoms with Crippen LogP contribution in [0.25, 0.3) is 0 Å². The fourth-order valence-corrected chi connectivity index (χ4v) is 2.80. The molecule has 0 heterocycles. The molecule has 0 bridgehead atoms. The predicted octanol–water partition coefficient (Wildman–Crippen LogP) is 3.53. The summed E-state index contributed by atoms with van der Waals surface area (Å²) < 4.78 is 0. The Labute approximate surface area is 112 Å². The Morgan fingerprint density at radius 1 is 1.33 bits per heavy atom. The highest BCUT2D eigenvalue weighted by Crippen LogP contribution is 2.34. The largest absolute Gasteiger partial charge is 0.393 e. The van der Waals surface area contributed by atoms with Crippen LogP contribution < -0.4 is 0 Å². The monoisotopic (exact) mass is 254 g/mol. The first-order valence-electron chi connectivity index (χ1n) is 7.41. The Hall–Kier alpha value is -0.340. The van der Waals surface area contributed by atoms with Crippen molar-refractivity contribution in [3.63, 3.8) is 0 Å². The normalized spacial score (nSPS) is 31.1. The Balaban J connectivity index is 2.50. The van der Waals surface area contributed by atoms with Crippen molar-refractivity contribution in [3.8, 4) is 0 Å². The van der Waals surface area contributed by atoms with E-state index >= 15 is 0 Å². The molecule has 0 aromatic heterocycles. The molecular weight excluding hydrogens is 224 g/mol. The van der Waals surface area contributed by atoms with Crippen LogP contribution in [0.5, 0.6) is 0 Å². The van der Waals surface area contributed by atoms with E-state index in [9.17, 15) is 10.2 Å². The number of aliphatic hydroxyl groups is 2. The lowest BCUT2D eigenvalue weighted by molar-refractivity contribution is 0.0809. The van der Waals surface area contributed by atoms with Gasteiger partial charge in [-0.15, -0.1) is 0 Å². The molecule has 0 aliphatic heterocycles. The molecule has 2 N–H and O–H groups in total. The second-order valence-corrected chi connectivity index (χ2v) is 6.69. The van der Waals surface area contributed by atoms with Crippen molar-refractivity contribution in [2.24, 2.45) is 17.3 Å². The number of allylic oxidation sites excluding steroid dienone is 1. The Morgan fingerprint density at radius 2 is 2.00 bits per heavy atom. The minimum Gasteiger partial charge on any atom is -0.393 e. The third-order valence-corrected chi connectivity index (χ3v) is 4.43. The summed E-state index contributed by atoms with van der Waals surface area (Å²) in [5.74, 6) is 0.957. The van der Waals surface area contributed by atoms with Crippen LogP contribution in [-0.4, -0.2) is 22.4 Å². The average Bonchev–Trinajstić information content (AvgIpc) is 2.62. The smallest absolute Gasteiger partial charge is 0.0771 e. The molecule has 0 saturated heterocycles. The van der Waals surface area contributed by atoms with Gasteiger partial charge in [-0.3, -0.25) is 0 Å². The molecule has 2 nitrogen and oxygen atoms in total. The first-order chi connectivity index (χ1) is 8.36. The number of hydrogen-bond donors (Lipinski definition) is 2. The van der Waals surface area contributed by atoms with Crippen LogP contribution in [0.1, 0.15) is 59.8 Å². The molecule has 0 radical (unpaired) electrons. The summed E-state index contributed by atoms with van der Waals surface area (Å²) in [5.41, 5.74) is -0.0486. The van der Waals surface area contributed by atoms with Crippen molar-refractivity contribution < 1.29 is 10.2 Å². The summed E-state index contributed by atoms with van der Waals surface area (Å²) in [6, 6.07) is 0. The fourth-order valence-electron chi connectivity index (χ4n) is 2.80. The van der Waals surface area contributed by atoms with Gasteiger partial charge in [-0.1, -0.05) is 52.7 Å². The molecule has 1 unspecified atom stereocenters. The molecule has 1 aliphatic carbocycles. The summed E-state index contributed by atoms with van der Waals surface area (Å²) in [6.45, 7) is 8.62. The van der Waals surface area contributed by atoms with E-state index in [0.717, 1.165) is 25.7 Å². The molecule has 1 fully saturated rings. The minimum atomic E-state index is -0.381. The SMILES string of the molecule is CCCCC(C)(C)C(O)C=C[C@@H]1C[C@@H](O)C[C@H]1C. The number of unbranched alkanes of at least 4 members (excludes halogenated alkanes) is 1. The van der Waals surface area contributed by atoms with Crippen LogP contribution in [-0.2, 0) is 0 Å². The van der Waals surface area contributed by atoms with Gasteiger partial charge in [0, 0.05) is 0 Å². The highest BCUT2D eigenvalue weighted by molar-refractivity contribution is 5.02. The highest BCUT2D eigenvalue weighted by Gasteiger charge is 2.29. The highest BCUT2D eigenvalue weighted by atomic mass is 16.3. The van der Waals surface area contributed by atoms with Crippen molar-refractivity contribution >= 4 is 0 Å². The Morgan fingerprint density at radius 3 is 2.50 bits per heavy atom. The quantitative estimate of drug-likeness (QED) is 0.712. The van der Waals surface area contributed by atoms with Gasteiger partial charge < -0.3 is 10.2 Å². The maximum absolute atomic E-state index is 10.3. The van der Waals surface area contributed by atoms with Crippen LogP contribution >= 0.6 is 0 Å². The van der Waals surface area contributed by atoms with Crippen molar-refractivity contribution in [1.29, 1.82) is 0 Å². The van der Waals surface area contributed by atoms with E-state index in [2.05, 4.69) is 33.8 Å². The number of hydrogen-bond acceptors (Lipinski definition) is 2. The van der Waals surface area contributed by atoms with E-state index in [4.69, 9.17) is 0 Å². The molecule has 18 heavy (non-hydrogen) atoms. The zero-order chi connectivity index (χ0) is 13.8. The maximum atomic E-state index is 10.3. The Bertz CT molecular complexity index is 270. The lowest BCUT2D eigenvalue weighted by Crippen LogP contribution is -2.27. The van der Waals surface area contributed by atoms with Gasteiger partial charge >= 0.3 is 0 Å². The summed E-state index contributed by atoms with van der Waals surface area (Å²) >= 11 is 0. The molecule has 4 atom stereocenters. The third-order valence-electron chi connectivity index (χ3n) is 4.43. The lowest BCUT2D eigenvalue weighted by atomic mass is 9.81. The molecule has 106 valence electrons. The summed E-state index contributed by atoms with van der Waals surface area (Å²) in [6.07, 6.45) is 8.67. The van der Waals surface area contributed by atoms with Crippen LogP contribution in [0.3, 0.4) is 0 Å². The van der Waals surface area contributed by atoms with Crippen molar-refractivity contribution in [1.82, 2.24) is 0 Å². The predicted molar refractivity (Wildman–Crippen MR) is 76.3 cm³/mol. The van der Waals surface area contributed by atoms with Gasteiger partial charge in [-0.2, -0.15) is 0 Å². The van der Waals surface area contributed by atoms with E-state index in [1.165, 1.54) is 6.42 Å². The number of aliphatic hydroxyl groups excluding tert-OH is 2. The van der Waals surface area contributed by atoms with Crippen LogP contribution in [0.4, 0.5) is 0 Å². The summed E-state index contributed by atoms with van der Waals surface area (Å²) in [7, 11) is 0. The first-order valence-corrected chi connectivity index (χ1v) is 7.41. The maximum Gasteiger partial charge on any atom is 0.0771 e. The topological polar surface area (TPSA) is 40.5 Å². The van der Waals surface area contributed by atoms with Gasteiger partial charge in [0.2, 0.25) is 0 Å². The Kier molecular flexibility index (Phi) is 5.87. The average molecular weight is 254 g/mol. The number of rotatable bonds is 6. The molecule has 0 aromatic carbocycles. The van der Waals surface area contributed by atoms with Crippen LogP contribution in [0.2, 0.25) is 0 Å². The van der Waals surface area contributed by atoms with E-state index in [-0.39, 0.29) is 17.6 Å². The van der Waals surface area contributed by atoms with E-state index < -0.39 is 0 Å². The van der Waals surface area contributed by atoms with Gasteiger partial charge in [0.25, 0.3) is 0 Å². The van der Waals surface area contributed by atoms with E-state index in [1.54, 1.807) is 0 Å². The van der Waals surface area contributed by atoms with Gasteiger partial charge in [0.1, 0.15) is 0 Å². The molecule has 0 aromatic rings. The second-order valence-electron chi connectivity index (χ2n) is 6.69. The molecule has 1 aliphatic rings. The van der Waals surface area contributed by atoms with Gasteiger partial charge in [-0.05, 0) is 36.5 Å². The van der Waals surface area contributed by atoms with Crippen molar-refractivity contribution in [2.45, 2.75) is 72.0 Å². The second kappa shape index (κ2) is 6.72. The van der Waals surface area contributed by atoms with Crippen molar-refractivity contribution in [3.05, 3.63) is 12.2 Å². The van der Waals surface area contributed by atoms with Gasteiger partial charge in [-0.25, -0.2) is 0 Å². The molecule has 2 heteroatoms.